The first-order chi connectivity index (χ1) is 13.0. The van der Waals surface area contributed by atoms with Crippen LogP contribution < -0.4 is 20.7 Å². The molecule has 1 aliphatic heterocycles. The van der Waals surface area contributed by atoms with Crippen LogP contribution in [0.25, 0.3) is 0 Å². The van der Waals surface area contributed by atoms with Gasteiger partial charge in [0.1, 0.15) is 17.8 Å². The number of hydrogen-bond acceptors (Lipinski definition) is 4. The number of unbranched alkanes of at least 4 members (excludes halogenated alkanes) is 1. The van der Waals surface area contributed by atoms with E-state index in [1.54, 1.807) is 6.92 Å². The summed E-state index contributed by atoms with van der Waals surface area (Å²) in [6.45, 7) is 4.81. The molecule has 3 N–H and O–H groups in total. The summed E-state index contributed by atoms with van der Waals surface area (Å²) in [6, 6.07) is 6.17. The smallest absolute Gasteiger partial charge is 0.242 e. The highest BCUT2D eigenvalue weighted by molar-refractivity contribution is 5.92. The molecule has 2 rings (SSSR count). The average molecular weight is 375 g/mol. The van der Waals surface area contributed by atoms with Gasteiger partial charge in [-0.15, -0.1) is 0 Å². The van der Waals surface area contributed by atoms with Crippen LogP contribution in [0.1, 0.15) is 45.1 Å². The zero-order chi connectivity index (χ0) is 19.6. The molecule has 0 saturated carbocycles. The zero-order valence-electron chi connectivity index (χ0n) is 16.0. The summed E-state index contributed by atoms with van der Waals surface area (Å²) < 4.78 is 5.65. The molecule has 0 aromatic heterocycles. The van der Waals surface area contributed by atoms with Gasteiger partial charge in [0, 0.05) is 19.4 Å². The molecule has 1 saturated heterocycles. The van der Waals surface area contributed by atoms with Gasteiger partial charge in [-0.05, 0) is 37.5 Å². The van der Waals surface area contributed by atoms with E-state index in [4.69, 9.17) is 4.74 Å². The van der Waals surface area contributed by atoms with Crippen molar-refractivity contribution >= 4 is 17.7 Å². The molecule has 7 nitrogen and oxygen atoms in total. The summed E-state index contributed by atoms with van der Waals surface area (Å²) >= 11 is 0. The Morgan fingerprint density at radius 2 is 1.81 bits per heavy atom. The largest absolute Gasteiger partial charge is 0.494 e. The predicted molar refractivity (Wildman–Crippen MR) is 102 cm³/mol. The summed E-state index contributed by atoms with van der Waals surface area (Å²) in [5, 5.41) is 8.19. The molecule has 1 aliphatic rings. The number of ether oxygens (including phenoxy) is 1. The van der Waals surface area contributed by atoms with Crippen molar-refractivity contribution in [2.24, 2.45) is 0 Å². The molecule has 1 heterocycles. The molecule has 0 aliphatic carbocycles. The molecule has 0 spiro atoms. The normalized spacial score (nSPS) is 21.5. The molecule has 2 atom stereocenters. The quantitative estimate of drug-likeness (QED) is 0.653. The molecule has 1 aromatic rings. The minimum atomic E-state index is -0.693. The number of amides is 3. The first-order valence-corrected chi connectivity index (χ1v) is 9.58. The zero-order valence-corrected chi connectivity index (χ0v) is 16.0. The predicted octanol–water partition coefficient (Wildman–Crippen LogP) is 1.31. The lowest BCUT2D eigenvalue weighted by molar-refractivity contribution is -0.131. The third-order valence-electron chi connectivity index (χ3n) is 4.41. The van der Waals surface area contributed by atoms with E-state index < -0.39 is 12.1 Å². The van der Waals surface area contributed by atoms with Gasteiger partial charge in [-0.1, -0.05) is 25.5 Å². The molecule has 0 bridgehead atoms. The van der Waals surface area contributed by atoms with Crippen molar-refractivity contribution in [1.82, 2.24) is 16.0 Å². The van der Waals surface area contributed by atoms with Gasteiger partial charge >= 0.3 is 0 Å². The Hall–Kier alpha value is -2.57. The highest BCUT2D eigenvalue weighted by Gasteiger charge is 2.25. The first kappa shape index (κ1) is 20.7. The van der Waals surface area contributed by atoms with Gasteiger partial charge in [-0.2, -0.15) is 0 Å². The molecule has 1 fully saturated rings. The fraction of sp³-hybridized carbons (Fsp3) is 0.550. The summed E-state index contributed by atoms with van der Waals surface area (Å²) in [4.78, 5) is 36.5. The SMILES string of the molecule is CCCCOc1ccc(CC2NC(=O)[C@H](C)NC(=O)CCCNC2=O)cc1. The van der Waals surface area contributed by atoms with Gasteiger partial charge in [-0.3, -0.25) is 14.4 Å². The van der Waals surface area contributed by atoms with Crippen LogP contribution in [0.4, 0.5) is 0 Å². The Kier molecular flexibility index (Phi) is 8.10. The standard InChI is InChI=1S/C20H29N3O4/c1-3-4-12-27-16-9-7-15(8-10-16)13-17-20(26)21-11-5-6-18(24)22-14(2)19(25)23-17/h7-10,14,17H,3-6,11-13H2,1-2H3,(H,21,26)(H,22,24)(H,23,25)/t14-,17?/m0/s1. The molecular weight excluding hydrogens is 346 g/mol. The number of benzene rings is 1. The van der Waals surface area contributed by atoms with Gasteiger partial charge < -0.3 is 20.7 Å². The lowest BCUT2D eigenvalue weighted by Crippen LogP contribution is -2.53. The molecule has 0 radical (unpaired) electrons. The second kappa shape index (κ2) is 10.5. The molecule has 148 valence electrons. The molecule has 7 heteroatoms. The van der Waals surface area contributed by atoms with Crippen LogP contribution in [0.15, 0.2) is 24.3 Å². The maximum atomic E-state index is 12.5. The van der Waals surface area contributed by atoms with E-state index in [2.05, 4.69) is 22.9 Å². The minimum Gasteiger partial charge on any atom is -0.494 e. The lowest BCUT2D eigenvalue weighted by atomic mass is 10.0. The Labute approximate surface area is 160 Å². The van der Waals surface area contributed by atoms with E-state index in [-0.39, 0.29) is 24.1 Å². The maximum absolute atomic E-state index is 12.5. The molecular formula is C20H29N3O4. The second-order valence-corrected chi connectivity index (χ2v) is 6.80. The van der Waals surface area contributed by atoms with E-state index in [1.807, 2.05) is 24.3 Å². The van der Waals surface area contributed by atoms with E-state index in [0.717, 1.165) is 24.2 Å². The van der Waals surface area contributed by atoms with Gasteiger partial charge in [0.2, 0.25) is 17.7 Å². The van der Waals surface area contributed by atoms with Crippen molar-refractivity contribution in [3.63, 3.8) is 0 Å². The summed E-state index contributed by atoms with van der Waals surface area (Å²) in [7, 11) is 0. The molecule has 1 unspecified atom stereocenters. The highest BCUT2D eigenvalue weighted by atomic mass is 16.5. The number of hydrogen-bond donors (Lipinski definition) is 3. The van der Waals surface area contributed by atoms with E-state index >= 15 is 0 Å². The first-order valence-electron chi connectivity index (χ1n) is 9.58. The highest BCUT2D eigenvalue weighted by Crippen LogP contribution is 2.14. The van der Waals surface area contributed by atoms with Crippen molar-refractivity contribution < 1.29 is 19.1 Å². The van der Waals surface area contributed by atoms with Crippen LogP contribution in [0, 0.1) is 0 Å². The Morgan fingerprint density at radius 1 is 1.07 bits per heavy atom. The van der Waals surface area contributed by atoms with Crippen LogP contribution in [-0.4, -0.2) is 43.0 Å². The molecule has 27 heavy (non-hydrogen) atoms. The maximum Gasteiger partial charge on any atom is 0.242 e. The number of rotatable bonds is 6. The molecule has 1 aromatic carbocycles. The lowest BCUT2D eigenvalue weighted by Gasteiger charge is -2.20. The van der Waals surface area contributed by atoms with Crippen LogP contribution in [0.3, 0.4) is 0 Å². The van der Waals surface area contributed by atoms with Gasteiger partial charge in [-0.25, -0.2) is 0 Å². The minimum absolute atomic E-state index is 0.191. The van der Waals surface area contributed by atoms with Crippen LogP contribution in [0.2, 0.25) is 0 Å². The van der Waals surface area contributed by atoms with Crippen molar-refractivity contribution in [3.8, 4) is 5.75 Å². The number of carbonyl (C=O) groups is 3. The van der Waals surface area contributed by atoms with Crippen LogP contribution in [0.5, 0.6) is 5.75 Å². The Morgan fingerprint density at radius 3 is 2.52 bits per heavy atom. The number of carbonyl (C=O) groups excluding carboxylic acids is 3. The summed E-state index contributed by atoms with van der Waals surface area (Å²) in [6.07, 6.45) is 3.27. The second-order valence-electron chi connectivity index (χ2n) is 6.80. The van der Waals surface area contributed by atoms with Crippen LogP contribution in [-0.2, 0) is 20.8 Å². The Balaban J connectivity index is 2.03. The van der Waals surface area contributed by atoms with Crippen molar-refractivity contribution in [3.05, 3.63) is 29.8 Å². The van der Waals surface area contributed by atoms with Gasteiger partial charge in [0.15, 0.2) is 0 Å². The molecule has 3 amide bonds. The fourth-order valence-corrected chi connectivity index (χ4v) is 2.76. The fourth-order valence-electron chi connectivity index (χ4n) is 2.76. The summed E-state index contributed by atoms with van der Waals surface area (Å²) in [5.41, 5.74) is 0.921. The van der Waals surface area contributed by atoms with Crippen molar-refractivity contribution in [1.29, 1.82) is 0 Å². The Bertz CT molecular complexity index is 645. The topological polar surface area (TPSA) is 96.5 Å². The third-order valence-corrected chi connectivity index (χ3v) is 4.41. The number of nitrogens with one attached hydrogen (secondary N) is 3. The van der Waals surface area contributed by atoms with E-state index in [1.165, 1.54) is 0 Å². The van der Waals surface area contributed by atoms with Gasteiger partial charge in [0.25, 0.3) is 0 Å². The average Bonchev–Trinajstić information content (AvgIpc) is 2.67. The van der Waals surface area contributed by atoms with Crippen LogP contribution >= 0.6 is 0 Å². The van der Waals surface area contributed by atoms with Crippen molar-refractivity contribution in [2.45, 2.75) is 58.0 Å². The van der Waals surface area contributed by atoms with E-state index in [0.29, 0.717) is 26.0 Å². The monoisotopic (exact) mass is 375 g/mol. The van der Waals surface area contributed by atoms with Gasteiger partial charge in [0.05, 0.1) is 6.61 Å². The third kappa shape index (κ3) is 6.92. The summed E-state index contributed by atoms with van der Waals surface area (Å²) in [5.74, 6) is -0.0124. The van der Waals surface area contributed by atoms with Crippen molar-refractivity contribution in [2.75, 3.05) is 13.2 Å². The van der Waals surface area contributed by atoms with E-state index in [9.17, 15) is 14.4 Å².